The fourth-order valence-electron chi connectivity index (χ4n) is 2.37. The lowest BCUT2D eigenvalue weighted by atomic mass is 10.1. The summed E-state index contributed by atoms with van der Waals surface area (Å²) in [5.74, 6) is 0.00668. The van der Waals surface area contributed by atoms with Gasteiger partial charge in [0, 0.05) is 6.54 Å². The number of aryl methyl sites for hydroxylation is 1. The van der Waals surface area contributed by atoms with Crippen molar-refractivity contribution in [3.05, 3.63) is 47.6 Å². The van der Waals surface area contributed by atoms with E-state index in [9.17, 15) is 9.18 Å². The van der Waals surface area contributed by atoms with Gasteiger partial charge < -0.3 is 14.1 Å². The van der Waals surface area contributed by atoms with Gasteiger partial charge in [-0.05, 0) is 24.6 Å². The minimum Gasteiger partial charge on any atom is -0.440 e. The predicted octanol–water partition coefficient (Wildman–Crippen LogP) is 2.81. The molecule has 1 fully saturated rings. The Balaban J connectivity index is 1.57. The SMILES string of the molecule is Cc1coc(SCC(=O)N2CCOC(c3ccc(F)cc3)C2)n1. The first-order chi connectivity index (χ1) is 11.1. The molecule has 1 aliphatic heterocycles. The maximum Gasteiger partial charge on any atom is 0.256 e. The van der Waals surface area contributed by atoms with Gasteiger partial charge in [-0.2, -0.15) is 0 Å². The third-order valence-corrected chi connectivity index (χ3v) is 4.40. The number of carbonyl (C=O) groups is 1. The van der Waals surface area contributed by atoms with Crippen LogP contribution in [0.25, 0.3) is 0 Å². The maximum absolute atomic E-state index is 13.0. The lowest BCUT2D eigenvalue weighted by Gasteiger charge is -2.33. The summed E-state index contributed by atoms with van der Waals surface area (Å²) in [6.45, 7) is 3.33. The van der Waals surface area contributed by atoms with Gasteiger partial charge in [-0.1, -0.05) is 23.9 Å². The molecular formula is C16H17FN2O3S. The molecule has 2 aromatic rings. The van der Waals surface area contributed by atoms with Crippen molar-refractivity contribution in [2.24, 2.45) is 0 Å². The van der Waals surface area contributed by atoms with E-state index in [-0.39, 0.29) is 23.6 Å². The summed E-state index contributed by atoms with van der Waals surface area (Å²) >= 11 is 1.28. The minimum absolute atomic E-state index is 0.0151. The van der Waals surface area contributed by atoms with Crippen LogP contribution in [-0.2, 0) is 9.53 Å². The average Bonchev–Trinajstić information content (AvgIpc) is 2.99. The Morgan fingerprint density at radius 1 is 1.43 bits per heavy atom. The standard InChI is InChI=1S/C16H17FN2O3S/c1-11-9-22-16(18-11)23-10-15(20)19-6-7-21-14(8-19)12-2-4-13(17)5-3-12/h2-5,9,14H,6-8,10H2,1H3. The molecule has 0 saturated carbocycles. The highest BCUT2D eigenvalue weighted by Gasteiger charge is 2.25. The number of hydrogen-bond acceptors (Lipinski definition) is 5. The first kappa shape index (κ1) is 16.0. The van der Waals surface area contributed by atoms with Crippen LogP contribution in [0.4, 0.5) is 4.39 Å². The average molecular weight is 336 g/mol. The van der Waals surface area contributed by atoms with Gasteiger partial charge in [0.15, 0.2) is 0 Å². The number of morpholine rings is 1. The smallest absolute Gasteiger partial charge is 0.256 e. The predicted molar refractivity (Wildman–Crippen MR) is 83.6 cm³/mol. The molecule has 2 heterocycles. The van der Waals surface area contributed by atoms with Crippen molar-refractivity contribution in [3.63, 3.8) is 0 Å². The van der Waals surface area contributed by atoms with Gasteiger partial charge in [0.2, 0.25) is 5.91 Å². The van der Waals surface area contributed by atoms with Crippen LogP contribution in [0, 0.1) is 12.7 Å². The molecule has 0 spiro atoms. The number of thioether (sulfide) groups is 1. The van der Waals surface area contributed by atoms with Gasteiger partial charge in [0.25, 0.3) is 5.22 Å². The summed E-state index contributed by atoms with van der Waals surface area (Å²) in [4.78, 5) is 18.3. The van der Waals surface area contributed by atoms with Crippen molar-refractivity contribution >= 4 is 17.7 Å². The number of aromatic nitrogens is 1. The highest BCUT2D eigenvalue weighted by atomic mass is 32.2. The fraction of sp³-hybridized carbons (Fsp3) is 0.375. The first-order valence-corrected chi connectivity index (χ1v) is 8.30. The number of oxazole rings is 1. The van der Waals surface area contributed by atoms with E-state index in [4.69, 9.17) is 9.15 Å². The normalized spacial score (nSPS) is 18.2. The number of nitrogens with zero attached hydrogens (tertiary/aromatic N) is 2. The monoisotopic (exact) mass is 336 g/mol. The van der Waals surface area contributed by atoms with Crippen LogP contribution in [-0.4, -0.2) is 41.2 Å². The molecule has 122 valence electrons. The van der Waals surface area contributed by atoms with E-state index in [1.807, 2.05) is 6.92 Å². The molecule has 0 N–H and O–H groups in total. The molecule has 0 radical (unpaired) electrons. The zero-order chi connectivity index (χ0) is 16.2. The van der Waals surface area contributed by atoms with E-state index >= 15 is 0 Å². The van der Waals surface area contributed by atoms with Crippen molar-refractivity contribution in [3.8, 4) is 0 Å². The Kier molecular flexibility index (Phi) is 4.97. The van der Waals surface area contributed by atoms with E-state index in [1.165, 1.54) is 23.9 Å². The number of hydrogen-bond donors (Lipinski definition) is 0. The second-order valence-electron chi connectivity index (χ2n) is 5.29. The molecule has 1 aromatic carbocycles. The summed E-state index contributed by atoms with van der Waals surface area (Å²) in [7, 11) is 0. The summed E-state index contributed by atoms with van der Waals surface area (Å²) in [6, 6.07) is 6.19. The number of ether oxygens (including phenoxy) is 1. The van der Waals surface area contributed by atoms with E-state index in [1.54, 1.807) is 23.3 Å². The minimum atomic E-state index is -0.282. The van der Waals surface area contributed by atoms with Crippen molar-refractivity contribution < 1.29 is 18.3 Å². The van der Waals surface area contributed by atoms with Crippen LogP contribution < -0.4 is 0 Å². The molecule has 5 nitrogen and oxygen atoms in total. The highest BCUT2D eigenvalue weighted by molar-refractivity contribution is 7.99. The molecule has 1 aromatic heterocycles. The van der Waals surface area contributed by atoms with Gasteiger partial charge in [0.05, 0.1) is 24.6 Å². The lowest BCUT2D eigenvalue weighted by molar-refractivity contribution is -0.136. The number of carbonyl (C=O) groups excluding carboxylic acids is 1. The highest BCUT2D eigenvalue weighted by Crippen LogP contribution is 2.24. The zero-order valence-corrected chi connectivity index (χ0v) is 13.5. The molecule has 1 amide bonds. The van der Waals surface area contributed by atoms with Crippen LogP contribution in [0.3, 0.4) is 0 Å². The fourth-order valence-corrected chi connectivity index (χ4v) is 3.12. The van der Waals surface area contributed by atoms with Crippen LogP contribution in [0.15, 0.2) is 40.2 Å². The Morgan fingerprint density at radius 2 is 2.22 bits per heavy atom. The number of halogens is 1. The van der Waals surface area contributed by atoms with E-state index in [0.29, 0.717) is 24.9 Å². The van der Waals surface area contributed by atoms with E-state index in [2.05, 4.69) is 4.98 Å². The molecule has 23 heavy (non-hydrogen) atoms. The van der Waals surface area contributed by atoms with Gasteiger partial charge in [-0.3, -0.25) is 4.79 Å². The topological polar surface area (TPSA) is 55.6 Å². The zero-order valence-electron chi connectivity index (χ0n) is 12.7. The number of benzene rings is 1. The first-order valence-electron chi connectivity index (χ1n) is 7.31. The Morgan fingerprint density at radius 3 is 2.91 bits per heavy atom. The molecular weight excluding hydrogens is 319 g/mol. The van der Waals surface area contributed by atoms with Crippen LogP contribution in [0.5, 0.6) is 0 Å². The van der Waals surface area contributed by atoms with Crippen molar-refractivity contribution in [1.82, 2.24) is 9.88 Å². The van der Waals surface area contributed by atoms with Crippen LogP contribution in [0.2, 0.25) is 0 Å². The Hall–Kier alpha value is -1.86. The van der Waals surface area contributed by atoms with Gasteiger partial charge in [-0.25, -0.2) is 9.37 Å². The van der Waals surface area contributed by atoms with Gasteiger partial charge in [-0.15, -0.1) is 0 Å². The second kappa shape index (κ2) is 7.14. The van der Waals surface area contributed by atoms with Crippen molar-refractivity contribution in [1.29, 1.82) is 0 Å². The maximum atomic E-state index is 13.0. The third kappa shape index (κ3) is 4.11. The van der Waals surface area contributed by atoms with E-state index in [0.717, 1.165) is 11.3 Å². The van der Waals surface area contributed by atoms with Crippen molar-refractivity contribution in [2.75, 3.05) is 25.4 Å². The quantitative estimate of drug-likeness (QED) is 0.804. The molecule has 7 heteroatoms. The van der Waals surface area contributed by atoms with Crippen LogP contribution >= 0.6 is 11.8 Å². The van der Waals surface area contributed by atoms with Crippen LogP contribution in [0.1, 0.15) is 17.4 Å². The largest absolute Gasteiger partial charge is 0.440 e. The van der Waals surface area contributed by atoms with Crippen molar-refractivity contribution in [2.45, 2.75) is 18.3 Å². The summed E-state index contributed by atoms with van der Waals surface area (Å²) in [5.41, 5.74) is 1.67. The third-order valence-electron chi connectivity index (χ3n) is 3.58. The molecule has 3 rings (SSSR count). The Labute approximate surface area is 137 Å². The Bertz CT molecular complexity index is 674. The molecule has 0 aliphatic carbocycles. The lowest BCUT2D eigenvalue weighted by Crippen LogP contribution is -2.43. The van der Waals surface area contributed by atoms with Gasteiger partial charge in [0.1, 0.15) is 18.2 Å². The molecule has 0 bridgehead atoms. The molecule has 1 atom stereocenters. The molecule has 1 saturated heterocycles. The molecule has 1 unspecified atom stereocenters. The molecule has 1 aliphatic rings. The van der Waals surface area contributed by atoms with E-state index < -0.39 is 0 Å². The summed E-state index contributed by atoms with van der Waals surface area (Å²) < 4.78 is 23.9. The van der Waals surface area contributed by atoms with Gasteiger partial charge >= 0.3 is 0 Å². The summed E-state index contributed by atoms with van der Waals surface area (Å²) in [5, 5.41) is 0.499. The number of amides is 1. The summed E-state index contributed by atoms with van der Waals surface area (Å²) in [6.07, 6.45) is 1.34. The number of rotatable bonds is 4. The second-order valence-corrected chi connectivity index (χ2v) is 6.22.